The van der Waals surface area contributed by atoms with Gasteiger partial charge in [0.2, 0.25) is 5.91 Å². The number of benzene rings is 2. The molecule has 0 aromatic heterocycles. The van der Waals surface area contributed by atoms with E-state index < -0.39 is 29.2 Å². The Balaban J connectivity index is 0.00000300. The maximum absolute atomic E-state index is 13.1. The number of nitrogens with one attached hydrogen (secondary N) is 2. The fourth-order valence-electron chi connectivity index (χ4n) is 3.05. The minimum Gasteiger partial charge on any atom is -0.399 e. The minimum atomic E-state index is -1.34. The van der Waals surface area contributed by atoms with Crippen molar-refractivity contribution in [3.63, 3.8) is 0 Å². The van der Waals surface area contributed by atoms with Crippen LogP contribution in [-0.2, 0) is 21.5 Å². The highest BCUT2D eigenvalue weighted by atomic mass is 35.5. The van der Waals surface area contributed by atoms with E-state index in [0.717, 1.165) is 10.5 Å². The summed E-state index contributed by atoms with van der Waals surface area (Å²) in [6.45, 7) is 1.50. The molecule has 4 amide bonds. The van der Waals surface area contributed by atoms with Gasteiger partial charge in [-0.05, 0) is 48.7 Å². The van der Waals surface area contributed by atoms with Crippen LogP contribution in [0.25, 0.3) is 0 Å². The van der Waals surface area contributed by atoms with Gasteiger partial charge in [0.1, 0.15) is 17.9 Å². The summed E-state index contributed by atoms with van der Waals surface area (Å²) in [5.41, 5.74) is 6.40. The van der Waals surface area contributed by atoms with Gasteiger partial charge in [-0.25, -0.2) is 9.18 Å². The molecule has 0 aliphatic carbocycles. The molecule has 1 saturated heterocycles. The van der Waals surface area contributed by atoms with Crippen LogP contribution in [0.2, 0.25) is 0 Å². The molecule has 4 N–H and O–H groups in total. The molecule has 1 fully saturated rings. The van der Waals surface area contributed by atoms with E-state index in [1.54, 1.807) is 12.1 Å². The number of carbonyl (C=O) groups is 3. The number of urea groups is 1. The van der Waals surface area contributed by atoms with Gasteiger partial charge in [-0.1, -0.05) is 24.3 Å². The van der Waals surface area contributed by atoms with Crippen LogP contribution in [0.4, 0.5) is 14.9 Å². The molecule has 9 heteroatoms. The first kappa shape index (κ1) is 22.2. The van der Waals surface area contributed by atoms with E-state index in [0.29, 0.717) is 24.2 Å². The Labute approximate surface area is 173 Å². The van der Waals surface area contributed by atoms with Crippen molar-refractivity contribution >= 4 is 35.9 Å². The molecule has 1 atom stereocenters. The fourth-order valence-corrected chi connectivity index (χ4v) is 3.05. The quantitative estimate of drug-likeness (QED) is 0.490. The molecule has 1 unspecified atom stereocenters. The Bertz CT molecular complexity index is 905. The molecule has 1 heterocycles. The second kappa shape index (κ2) is 8.91. The maximum Gasteiger partial charge on any atom is 0.325 e. The minimum absolute atomic E-state index is 0. The van der Waals surface area contributed by atoms with Crippen molar-refractivity contribution in [2.75, 3.05) is 18.8 Å². The van der Waals surface area contributed by atoms with Crippen molar-refractivity contribution in [2.24, 2.45) is 0 Å². The van der Waals surface area contributed by atoms with Crippen molar-refractivity contribution in [2.45, 2.75) is 18.9 Å². The third-order valence-corrected chi connectivity index (χ3v) is 4.71. The van der Waals surface area contributed by atoms with Crippen LogP contribution >= 0.6 is 12.4 Å². The van der Waals surface area contributed by atoms with Crippen molar-refractivity contribution in [1.82, 2.24) is 15.5 Å². The highest BCUT2D eigenvalue weighted by Crippen LogP contribution is 2.28. The number of anilines is 1. The summed E-state index contributed by atoms with van der Waals surface area (Å²) in [6, 6.07) is 11.9. The lowest BCUT2D eigenvalue weighted by Gasteiger charge is -2.22. The van der Waals surface area contributed by atoms with Crippen LogP contribution < -0.4 is 16.4 Å². The van der Waals surface area contributed by atoms with Gasteiger partial charge in [-0.15, -0.1) is 12.4 Å². The van der Waals surface area contributed by atoms with Crippen molar-refractivity contribution in [3.8, 4) is 0 Å². The number of nitrogens with zero attached hydrogens (tertiary/aromatic N) is 1. The molecule has 29 heavy (non-hydrogen) atoms. The molecular formula is C20H22ClFN4O3. The van der Waals surface area contributed by atoms with Gasteiger partial charge in [0.15, 0.2) is 0 Å². The van der Waals surface area contributed by atoms with E-state index in [9.17, 15) is 18.8 Å². The van der Waals surface area contributed by atoms with E-state index in [1.165, 1.54) is 31.2 Å². The smallest absolute Gasteiger partial charge is 0.325 e. The Morgan fingerprint density at radius 2 is 1.76 bits per heavy atom. The zero-order valence-electron chi connectivity index (χ0n) is 15.8. The van der Waals surface area contributed by atoms with E-state index in [-0.39, 0.29) is 19.0 Å². The van der Waals surface area contributed by atoms with Crippen LogP contribution in [-0.4, -0.2) is 35.8 Å². The molecule has 1 aliphatic heterocycles. The fraction of sp³-hybridized carbons (Fsp3) is 0.250. The molecule has 2 aromatic carbocycles. The lowest BCUT2D eigenvalue weighted by molar-refractivity contribution is -0.134. The van der Waals surface area contributed by atoms with Crippen LogP contribution in [0, 0.1) is 5.82 Å². The average molecular weight is 421 g/mol. The largest absolute Gasteiger partial charge is 0.399 e. The highest BCUT2D eigenvalue weighted by Gasteiger charge is 2.49. The first-order chi connectivity index (χ1) is 13.3. The molecule has 0 saturated carbocycles. The number of hydrogen-bond donors (Lipinski definition) is 3. The van der Waals surface area contributed by atoms with Gasteiger partial charge in [0.05, 0.1) is 0 Å². The lowest BCUT2D eigenvalue weighted by atomic mass is 9.92. The van der Waals surface area contributed by atoms with Crippen molar-refractivity contribution in [3.05, 3.63) is 65.5 Å². The van der Waals surface area contributed by atoms with E-state index in [2.05, 4.69) is 10.6 Å². The van der Waals surface area contributed by atoms with Gasteiger partial charge in [-0.3, -0.25) is 14.5 Å². The number of rotatable bonds is 6. The molecule has 2 aromatic rings. The third kappa shape index (κ3) is 4.83. The van der Waals surface area contributed by atoms with E-state index in [4.69, 9.17) is 5.73 Å². The van der Waals surface area contributed by atoms with E-state index >= 15 is 0 Å². The standard InChI is InChI=1S/C20H21FN4O3.ClH/c1-20(14-4-6-15(21)7-5-14)18(27)25(19(28)24-20)12-17(26)23-11-10-13-2-8-16(22)9-3-13;/h2-9H,10-12,22H2,1H3,(H,23,26)(H,24,28);1H. The molecule has 0 spiro atoms. The van der Waals surface area contributed by atoms with Gasteiger partial charge >= 0.3 is 6.03 Å². The number of halogens is 2. The first-order valence-corrected chi connectivity index (χ1v) is 8.81. The number of imide groups is 1. The summed E-state index contributed by atoms with van der Waals surface area (Å²) < 4.78 is 13.1. The SMILES string of the molecule is CC1(c2ccc(F)cc2)NC(=O)N(CC(=O)NCCc2ccc(N)cc2)C1=O.Cl. The molecule has 7 nitrogen and oxygen atoms in total. The summed E-state index contributed by atoms with van der Waals surface area (Å²) >= 11 is 0. The van der Waals surface area contributed by atoms with Gasteiger partial charge in [0, 0.05) is 12.2 Å². The summed E-state index contributed by atoms with van der Waals surface area (Å²) in [7, 11) is 0. The van der Waals surface area contributed by atoms with E-state index in [1.807, 2.05) is 12.1 Å². The second-order valence-electron chi connectivity index (χ2n) is 6.79. The van der Waals surface area contributed by atoms with Crippen molar-refractivity contribution in [1.29, 1.82) is 0 Å². The van der Waals surface area contributed by atoms with Crippen LogP contribution in [0.5, 0.6) is 0 Å². The molecular weight excluding hydrogens is 399 g/mol. The number of carbonyl (C=O) groups excluding carboxylic acids is 3. The highest BCUT2D eigenvalue weighted by molar-refractivity contribution is 6.09. The molecule has 0 bridgehead atoms. The normalized spacial score (nSPS) is 18.2. The zero-order valence-corrected chi connectivity index (χ0v) is 16.6. The molecule has 3 rings (SSSR count). The predicted molar refractivity (Wildman–Crippen MR) is 109 cm³/mol. The Kier molecular flexibility index (Phi) is 6.81. The van der Waals surface area contributed by atoms with Gasteiger partial charge < -0.3 is 16.4 Å². The average Bonchev–Trinajstić information content (AvgIpc) is 2.88. The Hall–Kier alpha value is -3.13. The van der Waals surface area contributed by atoms with Gasteiger partial charge in [0.25, 0.3) is 5.91 Å². The monoisotopic (exact) mass is 420 g/mol. The van der Waals surface area contributed by atoms with Crippen LogP contribution in [0.1, 0.15) is 18.1 Å². The van der Waals surface area contributed by atoms with Crippen LogP contribution in [0.15, 0.2) is 48.5 Å². The summed E-state index contributed by atoms with van der Waals surface area (Å²) in [5.74, 6) is -1.44. The number of nitrogen functional groups attached to an aromatic ring is 1. The van der Waals surface area contributed by atoms with Crippen molar-refractivity contribution < 1.29 is 18.8 Å². The number of hydrogen-bond acceptors (Lipinski definition) is 4. The summed E-state index contributed by atoms with van der Waals surface area (Å²) in [4.78, 5) is 38.0. The molecule has 0 radical (unpaired) electrons. The molecule has 154 valence electrons. The van der Waals surface area contributed by atoms with Crippen LogP contribution in [0.3, 0.4) is 0 Å². The topological polar surface area (TPSA) is 105 Å². The predicted octanol–water partition coefficient (Wildman–Crippen LogP) is 1.96. The maximum atomic E-state index is 13.1. The number of nitrogens with two attached hydrogens (primary N) is 1. The Morgan fingerprint density at radius 3 is 2.38 bits per heavy atom. The summed E-state index contributed by atoms with van der Waals surface area (Å²) in [6.07, 6.45) is 0.597. The first-order valence-electron chi connectivity index (χ1n) is 8.81. The zero-order chi connectivity index (χ0) is 20.3. The second-order valence-corrected chi connectivity index (χ2v) is 6.79. The lowest BCUT2D eigenvalue weighted by Crippen LogP contribution is -2.43. The summed E-state index contributed by atoms with van der Waals surface area (Å²) in [5, 5.41) is 5.28. The van der Waals surface area contributed by atoms with Gasteiger partial charge in [-0.2, -0.15) is 0 Å². The third-order valence-electron chi connectivity index (χ3n) is 4.71. The Morgan fingerprint density at radius 1 is 1.14 bits per heavy atom. The number of amides is 4. The molecule has 1 aliphatic rings.